The first-order chi connectivity index (χ1) is 8.95. The van der Waals surface area contributed by atoms with Crippen molar-refractivity contribution in [1.82, 2.24) is 4.90 Å². The van der Waals surface area contributed by atoms with Crippen molar-refractivity contribution in [1.29, 1.82) is 0 Å². The first-order valence-corrected chi connectivity index (χ1v) is 6.08. The number of primary amides is 1. The average molecular weight is 267 g/mol. The van der Waals surface area contributed by atoms with Gasteiger partial charge in [0, 0.05) is 12.1 Å². The highest BCUT2D eigenvalue weighted by molar-refractivity contribution is 5.97. The molecule has 0 aliphatic heterocycles. The zero-order valence-corrected chi connectivity index (χ0v) is 10.9. The van der Waals surface area contributed by atoms with E-state index in [1.165, 1.54) is 17.0 Å². The second-order valence-corrected chi connectivity index (χ2v) is 4.28. The predicted octanol–water partition coefficient (Wildman–Crippen LogP) is 1.14. The maximum absolute atomic E-state index is 13.1. The van der Waals surface area contributed by atoms with E-state index >= 15 is 0 Å². The van der Waals surface area contributed by atoms with E-state index in [1.54, 1.807) is 0 Å². The fraction of sp³-hybridized carbons (Fsp3) is 0.385. The van der Waals surface area contributed by atoms with Crippen molar-refractivity contribution in [2.75, 3.05) is 18.8 Å². The third-order valence-corrected chi connectivity index (χ3v) is 2.66. The minimum atomic E-state index is -0.584. The second kappa shape index (κ2) is 6.72. The molecule has 4 N–H and O–H groups in total. The minimum Gasteiger partial charge on any atom is -0.396 e. The Hall–Kier alpha value is -2.11. The number of hydrogen-bond acceptors (Lipinski definition) is 3. The van der Waals surface area contributed by atoms with E-state index in [-0.39, 0.29) is 23.7 Å². The molecule has 0 saturated heterocycles. The van der Waals surface area contributed by atoms with Gasteiger partial charge in [0.25, 0.3) is 5.91 Å². The van der Waals surface area contributed by atoms with Crippen LogP contribution in [-0.2, 0) is 4.79 Å². The van der Waals surface area contributed by atoms with Gasteiger partial charge in [0.2, 0.25) is 5.91 Å². The van der Waals surface area contributed by atoms with Gasteiger partial charge in [-0.1, -0.05) is 13.3 Å². The number of halogens is 1. The van der Waals surface area contributed by atoms with Gasteiger partial charge in [-0.25, -0.2) is 4.39 Å². The second-order valence-electron chi connectivity index (χ2n) is 4.28. The first-order valence-electron chi connectivity index (χ1n) is 6.08. The zero-order chi connectivity index (χ0) is 14.4. The van der Waals surface area contributed by atoms with Crippen LogP contribution in [0.15, 0.2) is 18.2 Å². The summed E-state index contributed by atoms with van der Waals surface area (Å²) < 4.78 is 13.1. The zero-order valence-electron chi connectivity index (χ0n) is 10.9. The lowest BCUT2D eigenvalue weighted by atomic mass is 10.1. The molecule has 0 bridgehead atoms. The summed E-state index contributed by atoms with van der Waals surface area (Å²) in [5, 5.41) is 0. The summed E-state index contributed by atoms with van der Waals surface area (Å²) in [6, 6.07) is 3.73. The number of anilines is 1. The fourth-order valence-electron chi connectivity index (χ4n) is 1.65. The lowest BCUT2D eigenvalue weighted by molar-refractivity contribution is -0.118. The van der Waals surface area contributed by atoms with Crippen molar-refractivity contribution >= 4 is 17.5 Å². The van der Waals surface area contributed by atoms with Crippen LogP contribution in [-0.4, -0.2) is 29.8 Å². The molecule has 0 unspecified atom stereocenters. The SMILES string of the molecule is CCCCN(CC(N)=O)C(=O)c1ccc(F)c(N)c1. The van der Waals surface area contributed by atoms with E-state index in [0.717, 1.165) is 18.9 Å². The Balaban J connectivity index is 2.90. The number of carbonyl (C=O) groups excluding carboxylic acids is 2. The van der Waals surface area contributed by atoms with Crippen molar-refractivity contribution in [2.24, 2.45) is 5.73 Å². The van der Waals surface area contributed by atoms with Gasteiger partial charge in [-0.2, -0.15) is 0 Å². The summed E-state index contributed by atoms with van der Waals surface area (Å²) in [4.78, 5) is 24.5. The van der Waals surface area contributed by atoms with Crippen molar-refractivity contribution in [3.8, 4) is 0 Å². The molecule has 1 rings (SSSR count). The molecule has 0 aromatic heterocycles. The van der Waals surface area contributed by atoms with Crippen molar-refractivity contribution in [2.45, 2.75) is 19.8 Å². The first kappa shape index (κ1) is 14.9. The normalized spacial score (nSPS) is 10.2. The monoisotopic (exact) mass is 267 g/mol. The number of amides is 2. The molecule has 6 heteroatoms. The molecule has 0 spiro atoms. The minimum absolute atomic E-state index is 0.0969. The standard InChI is InChI=1S/C13H18FN3O2/c1-2-3-6-17(8-12(16)18)13(19)9-4-5-10(14)11(15)7-9/h4-5,7H,2-3,6,8,15H2,1H3,(H2,16,18). The molecular formula is C13H18FN3O2. The Bertz CT molecular complexity index is 477. The van der Waals surface area contributed by atoms with Gasteiger partial charge in [0.15, 0.2) is 0 Å². The highest BCUT2D eigenvalue weighted by Crippen LogP contribution is 2.14. The molecule has 1 aromatic carbocycles. The van der Waals surface area contributed by atoms with E-state index < -0.39 is 11.7 Å². The lowest BCUT2D eigenvalue weighted by Gasteiger charge is -2.21. The molecule has 104 valence electrons. The number of hydrogen-bond donors (Lipinski definition) is 2. The number of benzene rings is 1. The molecule has 0 heterocycles. The number of nitrogens with zero attached hydrogens (tertiary/aromatic N) is 1. The molecule has 0 fully saturated rings. The summed E-state index contributed by atoms with van der Waals surface area (Å²) in [5.74, 6) is -1.54. The molecule has 0 saturated carbocycles. The molecule has 1 aromatic rings. The van der Waals surface area contributed by atoms with Crippen LogP contribution in [0.3, 0.4) is 0 Å². The summed E-state index contributed by atoms with van der Waals surface area (Å²) in [7, 11) is 0. The Morgan fingerprint density at radius 1 is 1.37 bits per heavy atom. The molecule has 0 atom stereocenters. The molecule has 0 aliphatic carbocycles. The molecule has 0 aliphatic rings. The lowest BCUT2D eigenvalue weighted by Crippen LogP contribution is -2.39. The highest BCUT2D eigenvalue weighted by Gasteiger charge is 2.18. The van der Waals surface area contributed by atoms with Crippen LogP contribution in [0.25, 0.3) is 0 Å². The average Bonchev–Trinajstić information content (AvgIpc) is 2.36. The third kappa shape index (κ3) is 4.24. The van der Waals surface area contributed by atoms with Crippen LogP contribution in [0, 0.1) is 5.82 Å². The topological polar surface area (TPSA) is 89.4 Å². The van der Waals surface area contributed by atoms with Gasteiger partial charge >= 0.3 is 0 Å². The third-order valence-electron chi connectivity index (χ3n) is 2.66. The van der Waals surface area contributed by atoms with Crippen molar-refractivity contribution in [3.63, 3.8) is 0 Å². The van der Waals surface area contributed by atoms with Crippen LogP contribution in [0.2, 0.25) is 0 Å². The Kier molecular flexibility index (Phi) is 5.29. The predicted molar refractivity (Wildman–Crippen MR) is 70.8 cm³/mol. The summed E-state index contributed by atoms with van der Waals surface area (Å²) in [5.41, 5.74) is 10.7. The highest BCUT2D eigenvalue weighted by atomic mass is 19.1. The van der Waals surface area contributed by atoms with Gasteiger partial charge < -0.3 is 16.4 Å². The van der Waals surface area contributed by atoms with Crippen LogP contribution in [0.4, 0.5) is 10.1 Å². The smallest absolute Gasteiger partial charge is 0.254 e. The molecular weight excluding hydrogens is 249 g/mol. The van der Waals surface area contributed by atoms with E-state index in [4.69, 9.17) is 11.5 Å². The summed E-state index contributed by atoms with van der Waals surface area (Å²) >= 11 is 0. The van der Waals surface area contributed by atoms with E-state index in [0.29, 0.717) is 6.54 Å². The van der Waals surface area contributed by atoms with Gasteiger partial charge in [-0.3, -0.25) is 9.59 Å². The number of rotatable bonds is 6. The van der Waals surface area contributed by atoms with Gasteiger partial charge in [-0.15, -0.1) is 0 Å². The van der Waals surface area contributed by atoms with Crippen molar-refractivity contribution in [3.05, 3.63) is 29.6 Å². The van der Waals surface area contributed by atoms with Crippen LogP contribution >= 0.6 is 0 Å². The maximum Gasteiger partial charge on any atom is 0.254 e. The largest absolute Gasteiger partial charge is 0.396 e. The molecule has 5 nitrogen and oxygen atoms in total. The van der Waals surface area contributed by atoms with Crippen LogP contribution in [0.5, 0.6) is 0 Å². The number of unbranched alkanes of at least 4 members (excludes halogenated alkanes) is 1. The quantitative estimate of drug-likeness (QED) is 0.757. The maximum atomic E-state index is 13.1. The molecule has 19 heavy (non-hydrogen) atoms. The Labute approximate surface area is 111 Å². The number of carbonyl (C=O) groups is 2. The van der Waals surface area contributed by atoms with Gasteiger partial charge in [0.1, 0.15) is 5.82 Å². The molecule has 2 amide bonds. The van der Waals surface area contributed by atoms with Gasteiger partial charge in [-0.05, 0) is 24.6 Å². The Morgan fingerprint density at radius 3 is 2.58 bits per heavy atom. The summed E-state index contributed by atoms with van der Waals surface area (Å²) in [6.07, 6.45) is 1.64. The summed E-state index contributed by atoms with van der Waals surface area (Å²) in [6.45, 7) is 2.24. The van der Waals surface area contributed by atoms with Crippen LogP contribution in [0.1, 0.15) is 30.1 Å². The number of nitrogens with two attached hydrogens (primary N) is 2. The van der Waals surface area contributed by atoms with E-state index in [1.807, 2.05) is 6.92 Å². The number of nitrogen functional groups attached to an aromatic ring is 1. The molecule has 0 radical (unpaired) electrons. The van der Waals surface area contributed by atoms with Gasteiger partial charge in [0.05, 0.1) is 12.2 Å². The van der Waals surface area contributed by atoms with Crippen molar-refractivity contribution < 1.29 is 14.0 Å². The fourth-order valence-corrected chi connectivity index (χ4v) is 1.65. The Morgan fingerprint density at radius 2 is 2.05 bits per heavy atom. The van der Waals surface area contributed by atoms with E-state index in [2.05, 4.69) is 0 Å². The van der Waals surface area contributed by atoms with Crippen LogP contribution < -0.4 is 11.5 Å². The van der Waals surface area contributed by atoms with E-state index in [9.17, 15) is 14.0 Å².